The van der Waals surface area contributed by atoms with Crippen LogP contribution in [0.1, 0.15) is 6.92 Å². The highest BCUT2D eigenvalue weighted by Gasteiger charge is 1.86. The number of aliphatic imine (C=N–C) groups is 1. The maximum atomic E-state index is 8.32. The van der Waals surface area contributed by atoms with Gasteiger partial charge >= 0.3 is 0 Å². The minimum Gasteiger partial charge on any atom is -0.478 e. The second-order valence-electron chi connectivity index (χ2n) is 1.43. The second-order valence-corrected chi connectivity index (χ2v) is 1.84. The summed E-state index contributed by atoms with van der Waals surface area (Å²) < 4.78 is 8.32. The van der Waals surface area contributed by atoms with Gasteiger partial charge in [0.25, 0.3) is 0 Å². The molecule has 0 amide bonds. The van der Waals surface area contributed by atoms with E-state index in [1.165, 1.54) is 6.34 Å². The zero-order valence-electron chi connectivity index (χ0n) is 5.62. The van der Waals surface area contributed by atoms with Crippen molar-refractivity contribution < 1.29 is 9.84 Å². The highest BCUT2D eigenvalue weighted by molar-refractivity contribution is 9.08. The predicted octanol–water partition coefficient (Wildman–Crippen LogP) is 0.752. The molecule has 0 aliphatic carbocycles. The molecule has 0 aliphatic heterocycles. The van der Waals surface area contributed by atoms with Gasteiger partial charge in [0.15, 0.2) is 5.90 Å². The first-order chi connectivity index (χ1) is 4.81. The summed E-state index contributed by atoms with van der Waals surface area (Å²) in [5.74, 6) is 0.484. The molecule has 0 fully saturated rings. The molecule has 0 atom stereocenters. The van der Waals surface area contributed by atoms with Gasteiger partial charge in [-0.3, -0.25) is 0 Å². The van der Waals surface area contributed by atoms with Gasteiger partial charge in [0.1, 0.15) is 12.9 Å². The molecule has 10 heavy (non-hydrogen) atoms. The molecular weight excluding hydrogens is 200 g/mol. The topological polar surface area (TPSA) is 54.2 Å². The molecule has 5 heteroatoms. The average molecular weight is 209 g/mol. The predicted molar refractivity (Wildman–Crippen MR) is 43.6 cm³/mol. The number of hydrogen-bond acceptors (Lipinski definition) is 3. The van der Waals surface area contributed by atoms with Crippen LogP contribution < -0.4 is 0 Å². The van der Waals surface area contributed by atoms with Crippen LogP contribution in [0.15, 0.2) is 9.01 Å². The molecular formula is C5H9BrN2O2. The van der Waals surface area contributed by atoms with E-state index in [0.29, 0.717) is 5.90 Å². The summed E-state index contributed by atoms with van der Waals surface area (Å²) in [7, 11) is 0. The van der Waals surface area contributed by atoms with Crippen LogP contribution in [0.5, 0.6) is 0 Å². The van der Waals surface area contributed by atoms with Gasteiger partial charge in [-0.25, -0.2) is 4.99 Å². The third-order valence-electron chi connectivity index (χ3n) is 0.685. The van der Waals surface area contributed by atoms with E-state index < -0.39 is 0 Å². The van der Waals surface area contributed by atoms with E-state index in [9.17, 15) is 0 Å². The lowest BCUT2D eigenvalue weighted by molar-refractivity contribution is 0.193. The molecule has 0 saturated carbocycles. The Bertz CT molecular complexity index is 136. The summed E-state index contributed by atoms with van der Waals surface area (Å²) in [5.41, 5.74) is 0. The molecule has 0 aromatic heterocycles. The Labute approximate surface area is 68.0 Å². The van der Waals surface area contributed by atoms with E-state index in [1.807, 2.05) is 0 Å². The van der Waals surface area contributed by atoms with Gasteiger partial charge in [-0.2, -0.15) is 4.02 Å². The Morgan fingerprint density at radius 2 is 2.50 bits per heavy atom. The monoisotopic (exact) mass is 208 g/mol. The number of halogens is 1. The Balaban J connectivity index is 3.49. The van der Waals surface area contributed by atoms with Gasteiger partial charge in [-0.05, 0) is 0 Å². The smallest absolute Gasteiger partial charge is 0.186 e. The minimum absolute atomic E-state index is 0.00167. The van der Waals surface area contributed by atoms with Crippen LogP contribution in [-0.2, 0) is 4.74 Å². The fourth-order valence-electron chi connectivity index (χ4n) is 0.334. The Kier molecular flexibility index (Phi) is 6.42. The Morgan fingerprint density at radius 1 is 1.80 bits per heavy atom. The van der Waals surface area contributed by atoms with E-state index in [1.54, 1.807) is 6.92 Å². The standard InChI is InChI=1S/C5H9BrN2O2/c1-5(7-4-8-6)10-3-2-9/h4,9H,2-3H2,1H3/b7-5+,8-4-. The molecule has 1 N–H and O–H groups in total. The first kappa shape index (κ1) is 9.58. The summed E-state index contributed by atoms with van der Waals surface area (Å²) in [5, 5.41) is 8.32. The maximum absolute atomic E-state index is 8.32. The number of aliphatic hydroxyl groups is 1. The molecule has 0 aromatic carbocycles. The number of hydrogen-bond donors (Lipinski definition) is 1. The van der Waals surface area contributed by atoms with Crippen molar-refractivity contribution in [2.75, 3.05) is 13.2 Å². The van der Waals surface area contributed by atoms with Crippen LogP contribution in [-0.4, -0.2) is 30.6 Å². The highest BCUT2D eigenvalue weighted by Crippen LogP contribution is 1.82. The number of rotatable bonds is 3. The fraction of sp³-hybridized carbons (Fsp3) is 0.600. The molecule has 0 rings (SSSR count). The first-order valence-electron chi connectivity index (χ1n) is 2.72. The van der Waals surface area contributed by atoms with Gasteiger partial charge in [0.05, 0.1) is 22.8 Å². The third kappa shape index (κ3) is 5.71. The van der Waals surface area contributed by atoms with Crippen molar-refractivity contribution >= 4 is 28.4 Å². The van der Waals surface area contributed by atoms with Crippen LogP contribution in [0, 0.1) is 0 Å². The molecule has 0 aromatic rings. The van der Waals surface area contributed by atoms with Gasteiger partial charge in [-0.15, -0.1) is 0 Å². The lowest BCUT2D eigenvalue weighted by Crippen LogP contribution is -2.04. The van der Waals surface area contributed by atoms with Crippen molar-refractivity contribution in [3.05, 3.63) is 0 Å². The average Bonchev–Trinajstić information content (AvgIpc) is 1.97. The van der Waals surface area contributed by atoms with Crippen LogP contribution in [0.3, 0.4) is 0 Å². The van der Waals surface area contributed by atoms with E-state index >= 15 is 0 Å². The van der Waals surface area contributed by atoms with Gasteiger partial charge in [0.2, 0.25) is 0 Å². The zero-order chi connectivity index (χ0) is 7.82. The normalized spacial score (nSPS) is 12.5. The Morgan fingerprint density at radius 3 is 3.00 bits per heavy atom. The number of aliphatic hydroxyl groups excluding tert-OH is 1. The summed E-state index contributed by atoms with van der Waals surface area (Å²) in [6.45, 7) is 1.95. The van der Waals surface area contributed by atoms with Crippen LogP contribution in [0.25, 0.3) is 0 Å². The number of nitrogens with zero attached hydrogens (tertiary/aromatic N) is 2. The SMILES string of the molecule is C/C(=N\C=N/Br)OCCO. The van der Waals surface area contributed by atoms with E-state index in [4.69, 9.17) is 9.84 Å². The highest BCUT2D eigenvalue weighted by atomic mass is 79.9. The second kappa shape index (κ2) is 6.70. The lowest BCUT2D eigenvalue weighted by Gasteiger charge is -1.99. The molecule has 0 bridgehead atoms. The van der Waals surface area contributed by atoms with Crippen molar-refractivity contribution in [3.8, 4) is 0 Å². The van der Waals surface area contributed by atoms with Crippen LogP contribution in [0.2, 0.25) is 0 Å². The molecule has 58 valence electrons. The lowest BCUT2D eigenvalue weighted by atomic mass is 10.7. The van der Waals surface area contributed by atoms with Crippen molar-refractivity contribution in [2.24, 2.45) is 9.01 Å². The molecule has 4 nitrogen and oxygen atoms in total. The van der Waals surface area contributed by atoms with E-state index in [0.717, 1.165) is 0 Å². The summed E-state index contributed by atoms with van der Waals surface area (Å²) in [6.07, 6.45) is 1.31. The van der Waals surface area contributed by atoms with Gasteiger partial charge < -0.3 is 9.84 Å². The molecule has 0 aliphatic rings. The number of ether oxygens (including phenoxy) is 1. The largest absolute Gasteiger partial charge is 0.478 e. The van der Waals surface area contributed by atoms with Gasteiger partial charge in [-0.1, -0.05) is 0 Å². The quantitative estimate of drug-likeness (QED) is 0.550. The van der Waals surface area contributed by atoms with Crippen LogP contribution in [0.4, 0.5) is 0 Å². The van der Waals surface area contributed by atoms with E-state index in [2.05, 4.69) is 25.2 Å². The summed E-state index contributed by atoms with van der Waals surface area (Å²) in [6, 6.07) is 0. The molecule has 0 spiro atoms. The maximum Gasteiger partial charge on any atom is 0.186 e. The molecule has 0 heterocycles. The third-order valence-corrected chi connectivity index (χ3v) is 0.869. The molecule has 0 radical (unpaired) electrons. The molecule has 0 unspecified atom stereocenters. The zero-order valence-corrected chi connectivity index (χ0v) is 7.21. The van der Waals surface area contributed by atoms with Crippen LogP contribution >= 0.6 is 16.1 Å². The Hall–Kier alpha value is -0.420. The van der Waals surface area contributed by atoms with Crippen molar-refractivity contribution in [1.29, 1.82) is 0 Å². The van der Waals surface area contributed by atoms with Crippen molar-refractivity contribution in [2.45, 2.75) is 6.92 Å². The summed E-state index contributed by atoms with van der Waals surface area (Å²) >= 11 is 2.80. The van der Waals surface area contributed by atoms with Gasteiger partial charge in [0, 0.05) is 6.92 Å². The first-order valence-corrected chi connectivity index (χ1v) is 3.43. The summed E-state index contributed by atoms with van der Waals surface area (Å²) in [4.78, 5) is 3.72. The molecule has 0 saturated heterocycles. The van der Waals surface area contributed by atoms with E-state index in [-0.39, 0.29) is 13.2 Å². The minimum atomic E-state index is -0.00167. The van der Waals surface area contributed by atoms with Crippen molar-refractivity contribution in [3.63, 3.8) is 0 Å². The fourth-order valence-corrected chi connectivity index (χ4v) is 0.425. The van der Waals surface area contributed by atoms with Crippen molar-refractivity contribution in [1.82, 2.24) is 0 Å².